The van der Waals surface area contributed by atoms with Crippen molar-refractivity contribution in [1.82, 2.24) is 0 Å². The molecule has 2 rings (SSSR count). The highest BCUT2D eigenvalue weighted by molar-refractivity contribution is 5.81. The summed E-state index contributed by atoms with van der Waals surface area (Å²) in [4.78, 5) is 11.8. The molecule has 0 bridgehead atoms. The first-order valence-corrected chi connectivity index (χ1v) is 5.90. The summed E-state index contributed by atoms with van der Waals surface area (Å²) in [5, 5.41) is 0. The van der Waals surface area contributed by atoms with Crippen molar-refractivity contribution >= 4 is 5.78 Å². The van der Waals surface area contributed by atoms with Crippen LogP contribution in [-0.4, -0.2) is 5.78 Å². The van der Waals surface area contributed by atoms with E-state index in [0.29, 0.717) is 11.7 Å². The number of hydrogen-bond donors (Lipinski definition) is 0. The molecular weight excluding hydrogens is 160 g/mol. The van der Waals surface area contributed by atoms with Crippen LogP contribution in [0.1, 0.15) is 57.8 Å². The second-order valence-electron chi connectivity index (χ2n) is 4.72. The molecule has 2 saturated carbocycles. The van der Waals surface area contributed by atoms with Crippen molar-refractivity contribution in [3.05, 3.63) is 0 Å². The number of fused-ring (bicyclic) bond motifs is 1. The lowest BCUT2D eigenvalue weighted by Crippen LogP contribution is -2.20. The number of carbonyl (C=O) groups is 1. The normalized spacial score (nSPS) is 36.2. The molecule has 0 N–H and O–H groups in total. The maximum atomic E-state index is 11.8. The van der Waals surface area contributed by atoms with Crippen LogP contribution in [0.25, 0.3) is 0 Å². The average Bonchev–Trinajstić information content (AvgIpc) is 2.43. The molecule has 0 amide bonds. The molecule has 0 unspecified atom stereocenters. The topological polar surface area (TPSA) is 17.1 Å². The van der Waals surface area contributed by atoms with Gasteiger partial charge in [-0.3, -0.25) is 4.79 Å². The van der Waals surface area contributed by atoms with Crippen LogP contribution in [0, 0.1) is 11.8 Å². The number of Topliss-reactive ketones (excluding diaryl/α,β-unsaturated/α-hetero) is 1. The Bertz CT molecular complexity index is 184. The van der Waals surface area contributed by atoms with E-state index in [0.717, 1.165) is 18.8 Å². The third-order valence-electron chi connectivity index (χ3n) is 3.82. The van der Waals surface area contributed by atoms with Crippen LogP contribution in [0.2, 0.25) is 0 Å². The van der Waals surface area contributed by atoms with Crippen molar-refractivity contribution in [2.45, 2.75) is 57.8 Å². The van der Waals surface area contributed by atoms with Crippen LogP contribution in [0.3, 0.4) is 0 Å². The monoisotopic (exact) mass is 180 g/mol. The molecule has 0 spiro atoms. The Balaban J connectivity index is 2.07. The van der Waals surface area contributed by atoms with Gasteiger partial charge >= 0.3 is 0 Å². The first-order valence-electron chi connectivity index (χ1n) is 5.90. The fraction of sp³-hybridized carbons (Fsp3) is 0.917. The fourth-order valence-corrected chi connectivity index (χ4v) is 3.04. The Morgan fingerprint density at radius 1 is 0.846 bits per heavy atom. The molecule has 0 aliphatic heterocycles. The molecule has 2 aliphatic carbocycles. The van der Waals surface area contributed by atoms with Gasteiger partial charge in [0, 0.05) is 12.3 Å². The molecule has 1 nitrogen and oxygen atoms in total. The van der Waals surface area contributed by atoms with Gasteiger partial charge in [0.1, 0.15) is 5.78 Å². The molecule has 0 aromatic rings. The van der Waals surface area contributed by atoms with E-state index in [4.69, 9.17) is 0 Å². The minimum atomic E-state index is 0.463. The van der Waals surface area contributed by atoms with E-state index in [1.807, 2.05) is 0 Å². The molecule has 74 valence electrons. The first-order chi connectivity index (χ1) is 6.38. The smallest absolute Gasteiger partial charge is 0.136 e. The van der Waals surface area contributed by atoms with Crippen molar-refractivity contribution in [2.24, 2.45) is 11.8 Å². The van der Waals surface area contributed by atoms with Crippen LogP contribution in [0.4, 0.5) is 0 Å². The van der Waals surface area contributed by atoms with Crippen molar-refractivity contribution in [3.8, 4) is 0 Å². The molecule has 0 aromatic heterocycles. The molecular formula is C12H20O. The van der Waals surface area contributed by atoms with Gasteiger partial charge in [0.25, 0.3) is 0 Å². The predicted molar refractivity (Wildman–Crippen MR) is 53.5 cm³/mol. The Hall–Kier alpha value is -0.330. The van der Waals surface area contributed by atoms with E-state index in [2.05, 4.69) is 0 Å². The zero-order chi connectivity index (χ0) is 9.10. The Morgan fingerprint density at radius 3 is 2.38 bits per heavy atom. The summed E-state index contributed by atoms with van der Waals surface area (Å²) in [6.45, 7) is 0. The molecule has 13 heavy (non-hydrogen) atoms. The average molecular weight is 180 g/mol. The lowest BCUT2D eigenvalue weighted by atomic mass is 9.83. The van der Waals surface area contributed by atoms with Gasteiger partial charge in [-0.1, -0.05) is 25.7 Å². The van der Waals surface area contributed by atoms with Crippen LogP contribution in [-0.2, 0) is 4.79 Å². The van der Waals surface area contributed by atoms with E-state index in [9.17, 15) is 4.79 Å². The van der Waals surface area contributed by atoms with E-state index in [-0.39, 0.29) is 0 Å². The molecule has 1 heteroatoms. The van der Waals surface area contributed by atoms with Crippen LogP contribution in [0.15, 0.2) is 0 Å². The highest BCUT2D eigenvalue weighted by Crippen LogP contribution is 2.36. The second kappa shape index (κ2) is 4.26. The summed E-state index contributed by atoms with van der Waals surface area (Å²) in [6.07, 6.45) is 11.2. The van der Waals surface area contributed by atoms with Crippen molar-refractivity contribution < 1.29 is 4.79 Å². The van der Waals surface area contributed by atoms with Crippen LogP contribution >= 0.6 is 0 Å². The maximum absolute atomic E-state index is 11.8. The quantitative estimate of drug-likeness (QED) is 0.559. The summed E-state index contributed by atoms with van der Waals surface area (Å²) >= 11 is 0. The van der Waals surface area contributed by atoms with Gasteiger partial charge in [-0.05, 0) is 31.6 Å². The van der Waals surface area contributed by atoms with Gasteiger partial charge in [0.15, 0.2) is 0 Å². The van der Waals surface area contributed by atoms with E-state index < -0.39 is 0 Å². The van der Waals surface area contributed by atoms with Gasteiger partial charge in [0.2, 0.25) is 0 Å². The second-order valence-corrected chi connectivity index (χ2v) is 4.72. The predicted octanol–water partition coefficient (Wildman–Crippen LogP) is 3.33. The summed E-state index contributed by atoms with van der Waals surface area (Å²) in [6, 6.07) is 0. The number of ketones is 1. The minimum absolute atomic E-state index is 0.463. The molecule has 2 fully saturated rings. The SMILES string of the molecule is O=C1CCCC[C@H]2CCCCC[C@@H]12. The van der Waals surface area contributed by atoms with Gasteiger partial charge < -0.3 is 0 Å². The van der Waals surface area contributed by atoms with Crippen LogP contribution < -0.4 is 0 Å². The standard InChI is InChI=1S/C12H20O/c13-12-9-5-4-7-10-6-2-1-3-8-11(10)12/h10-11H,1-9H2/t10-,11-/m1/s1. The van der Waals surface area contributed by atoms with Crippen molar-refractivity contribution in [3.63, 3.8) is 0 Å². The molecule has 0 heterocycles. The summed E-state index contributed by atoms with van der Waals surface area (Å²) in [5.41, 5.74) is 0. The minimum Gasteiger partial charge on any atom is -0.299 e. The zero-order valence-corrected chi connectivity index (χ0v) is 8.43. The Labute approximate surface area is 80.9 Å². The lowest BCUT2D eigenvalue weighted by Gasteiger charge is -2.20. The molecule has 0 radical (unpaired) electrons. The largest absolute Gasteiger partial charge is 0.299 e. The van der Waals surface area contributed by atoms with Crippen molar-refractivity contribution in [1.29, 1.82) is 0 Å². The van der Waals surface area contributed by atoms with Gasteiger partial charge in [-0.2, -0.15) is 0 Å². The molecule has 0 aromatic carbocycles. The summed E-state index contributed by atoms with van der Waals surface area (Å²) in [7, 11) is 0. The fourth-order valence-electron chi connectivity index (χ4n) is 3.04. The number of rotatable bonds is 0. The molecule has 0 saturated heterocycles. The van der Waals surface area contributed by atoms with Gasteiger partial charge in [-0.15, -0.1) is 0 Å². The summed E-state index contributed by atoms with van der Waals surface area (Å²) < 4.78 is 0. The number of hydrogen-bond acceptors (Lipinski definition) is 1. The summed E-state index contributed by atoms with van der Waals surface area (Å²) in [5.74, 6) is 1.81. The highest BCUT2D eigenvalue weighted by Gasteiger charge is 2.30. The van der Waals surface area contributed by atoms with Crippen molar-refractivity contribution in [2.75, 3.05) is 0 Å². The first kappa shape index (κ1) is 9.23. The van der Waals surface area contributed by atoms with E-state index in [1.165, 1.54) is 44.9 Å². The lowest BCUT2D eigenvalue weighted by molar-refractivity contribution is -0.124. The van der Waals surface area contributed by atoms with Gasteiger partial charge in [-0.25, -0.2) is 0 Å². The van der Waals surface area contributed by atoms with E-state index in [1.54, 1.807) is 0 Å². The third-order valence-corrected chi connectivity index (χ3v) is 3.82. The van der Waals surface area contributed by atoms with Gasteiger partial charge in [0.05, 0.1) is 0 Å². The zero-order valence-electron chi connectivity index (χ0n) is 8.43. The molecule has 2 aliphatic rings. The maximum Gasteiger partial charge on any atom is 0.136 e. The number of carbonyl (C=O) groups excluding carboxylic acids is 1. The Morgan fingerprint density at radius 2 is 1.54 bits per heavy atom. The third kappa shape index (κ3) is 2.12. The van der Waals surface area contributed by atoms with Crippen LogP contribution in [0.5, 0.6) is 0 Å². The van der Waals surface area contributed by atoms with E-state index >= 15 is 0 Å². The highest BCUT2D eigenvalue weighted by atomic mass is 16.1. The molecule has 2 atom stereocenters. The Kier molecular flexibility index (Phi) is 3.02.